The lowest BCUT2D eigenvalue weighted by Gasteiger charge is -2.12. The van der Waals surface area contributed by atoms with Crippen molar-refractivity contribution >= 4 is 28.2 Å². The topological polar surface area (TPSA) is 60.2 Å². The van der Waals surface area contributed by atoms with Crippen LogP contribution < -0.4 is 16.0 Å². The number of nitrogens with two attached hydrogens (primary N) is 1. The van der Waals surface area contributed by atoms with Gasteiger partial charge in [-0.1, -0.05) is 18.5 Å². The fourth-order valence-electron chi connectivity index (χ4n) is 1.80. The van der Waals surface area contributed by atoms with E-state index in [0.717, 1.165) is 23.2 Å². The Kier molecular flexibility index (Phi) is 3.36. The Hall–Kier alpha value is -1.52. The molecule has 1 aromatic carbocycles. The summed E-state index contributed by atoms with van der Waals surface area (Å²) in [6, 6.07) is 5.48. The summed E-state index contributed by atoms with van der Waals surface area (Å²) in [5.41, 5.74) is 5.08. The van der Waals surface area contributed by atoms with E-state index in [2.05, 4.69) is 10.4 Å². The molecule has 0 aliphatic carbocycles. The molecular weight excluding hydrogens is 238 g/mol. The Morgan fingerprint density at radius 3 is 2.82 bits per heavy atom. The molecule has 0 spiro atoms. The molecule has 0 atom stereocenters. The molecule has 0 amide bonds. The van der Waals surface area contributed by atoms with E-state index in [1.54, 1.807) is 19.2 Å². The zero-order valence-corrected chi connectivity index (χ0v) is 10.5. The minimum Gasteiger partial charge on any atom is -0.496 e. The van der Waals surface area contributed by atoms with Gasteiger partial charge in [0.25, 0.3) is 0 Å². The molecule has 2 aromatic rings. The number of nitrogens with one attached hydrogen (secondary N) is 1. The summed E-state index contributed by atoms with van der Waals surface area (Å²) in [4.78, 5) is 4.50. The van der Waals surface area contributed by atoms with E-state index in [0.29, 0.717) is 16.3 Å². The number of aromatic nitrogens is 1. The molecule has 1 heterocycles. The highest BCUT2D eigenvalue weighted by Gasteiger charge is 2.12. The molecule has 0 bridgehead atoms. The van der Waals surface area contributed by atoms with Crippen molar-refractivity contribution in [1.29, 1.82) is 0 Å². The zero-order chi connectivity index (χ0) is 12.4. The highest BCUT2D eigenvalue weighted by molar-refractivity contribution is 6.35. The largest absolute Gasteiger partial charge is 0.496 e. The normalized spacial score (nSPS) is 10.6. The summed E-state index contributed by atoms with van der Waals surface area (Å²) >= 11 is 6.16. The fraction of sp³-hybridized carbons (Fsp3) is 0.250. The summed E-state index contributed by atoms with van der Waals surface area (Å²) in [5.74, 6) is 6.24. The Balaban J connectivity index is 2.86. The van der Waals surface area contributed by atoms with Crippen LogP contribution >= 0.6 is 11.6 Å². The second-order valence-corrected chi connectivity index (χ2v) is 4.04. The van der Waals surface area contributed by atoms with Crippen molar-refractivity contribution in [2.45, 2.75) is 13.3 Å². The van der Waals surface area contributed by atoms with Gasteiger partial charge >= 0.3 is 0 Å². The van der Waals surface area contributed by atoms with Crippen LogP contribution in [-0.4, -0.2) is 12.1 Å². The number of halogens is 1. The molecule has 0 radical (unpaired) electrons. The third kappa shape index (κ3) is 2.01. The molecule has 0 unspecified atom stereocenters. The number of nitrogens with zero attached hydrogens (tertiary/aromatic N) is 1. The van der Waals surface area contributed by atoms with Crippen LogP contribution in [0.2, 0.25) is 5.02 Å². The highest BCUT2D eigenvalue weighted by Crippen LogP contribution is 2.35. The second-order valence-electron chi connectivity index (χ2n) is 3.63. The average molecular weight is 252 g/mol. The fourth-order valence-corrected chi connectivity index (χ4v) is 2.00. The number of hydrogen-bond donors (Lipinski definition) is 2. The van der Waals surface area contributed by atoms with Gasteiger partial charge in [-0.15, -0.1) is 0 Å². The number of ether oxygens (including phenoxy) is 1. The van der Waals surface area contributed by atoms with Crippen molar-refractivity contribution in [1.82, 2.24) is 4.98 Å². The quantitative estimate of drug-likeness (QED) is 0.651. The van der Waals surface area contributed by atoms with Gasteiger partial charge in [-0.3, -0.25) is 10.8 Å². The number of anilines is 1. The summed E-state index contributed by atoms with van der Waals surface area (Å²) in [6.07, 6.45) is 0.818. The van der Waals surface area contributed by atoms with E-state index in [-0.39, 0.29) is 0 Å². The molecule has 0 saturated heterocycles. The van der Waals surface area contributed by atoms with Crippen molar-refractivity contribution in [3.05, 3.63) is 28.9 Å². The number of benzene rings is 1. The Labute approximate surface area is 105 Å². The first-order valence-corrected chi connectivity index (χ1v) is 5.71. The third-order valence-electron chi connectivity index (χ3n) is 2.66. The van der Waals surface area contributed by atoms with Crippen molar-refractivity contribution in [2.24, 2.45) is 5.84 Å². The zero-order valence-electron chi connectivity index (χ0n) is 9.75. The maximum Gasteiger partial charge on any atom is 0.130 e. The molecule has 2 rings (SSSR count). The molecule has 0 aliphatic heterocycles. The van der Waals surface area contributed by atoms with E-state index >= 15 is 0 Å². The Morgan fingerprint density at radius 2 is 2.24 bits per heavy atom. The summed E-state index contributed by atoms with van der Waals surface area (Å²) < 4.78 is 5.30. The van der Waals surface area contributed by atoms with Gasteiger partial charge < -0.3 is 10.2 Å². The van der Waals surface area contributed by atoms with Gasteiger partial charge in [-0.05, 0) is 24.6 Å². The molecule has 0 saturated carbocycles. The van der Waals surface area contributed by atoms with Crippen LogP contribution in [0.15, 0.2) is 18.2 Å². The standard InChI is InChI=1S/C12H14ClN3O/c1-3-7-6-9(16-14)11-10(17-2)5-4-8(13)12(11)15-7/h4-6H,3,14H2,1-2H3,(H,15,16). The smallest absolute Gasteiger partial charge is 0.130 e. The Bertz CT molecular complexity index is 557. The van der Waals surface area contributed by atoms with Gasteiger partial charge in [0.15, 0.2) is 0 Å². The van der Waals surface area contributed by atoms with Crippen molar-refractivity contribution in [2.75, 3.05) is 12.5 Å². The molecule has 1 aromatic heterocycles. The van der Waals surface area contributed by atoms with Gasteiger partial charge in [-0.25, -0.2) is 0 Å². The van der Waals surface area contributed by atoms with Crippen LogP contribution in [0, 0.1) is 0 Å². The SMILES string of the molecule is CCc1cc(NN)c2c(OC)ccc(Cl)c2n1. The number of nitrogen functional groups attached to an aromatic ring is 1. The van der Waals surface area contributed by atoms with Gasteiger partial charge in [0.05, 0.1) is 28.7 Å². The molecule has 5 heteroatoms. The van der Waals surface area contributed by atoms with E-state index < -0.39 is 0 Å². The molecule has 0 fully saturated rings. The first-order chi connectivity index (χ1) is 8.21. The van der Waals surface area contributed by atoms with Crippen LogP contribution in [0.25, 0.3) is 10.9 Å². The van der Waals surface area contributed by atoms with E-state index in [1.165, 1.54) is 0 Å². The van der Waals surface area contributed by atoms with Crippen molar-refractivity contribution in [3.8, 4) is 5.75 Å². The highest BCUT2D eigenvalue weighted by atomic mass is 35.5. The lowest BCUT2D eigenvalue weighted by atomic mass is 10.1. The van der Waals surface area contributed by atoms with Gasteiger partial charge in [-0.2, -0.15) is 0 Å². The minimum atomic E-state index is 0.590. The van der Waals surface area contributed by atoms with Gasteiger partial charge in [0, 0.05) is 5.69 Å². The number of rotatable bonds is 3. The predicted octanol–water partition coefficient (Wildman–Crippen LogP) is 2.74. The van der Waals surface area contributed by atoms with Crippen LogP contribution in [-0.2, 0) is 6.42 Å². The van der Waals surface area contributed by atoms with Crippen molar-refractivity contribution < 1.29 is 4.74 Å². The molecule has 3 N–H and O–H groups in total. The maximum atomic E-state index is 6.16. The number of methoxy groups -OCH3 is 1. The van der Waals surface area contributed by atoms with Crippen molar-refractivity contribution in [3.63, 3.8) is 0 Å². The van der Waals surface area contributed by atoms with E-state index in [9.17, 15) is 0 Å². The number of pyridine rings is 1. The first kappa shape index (κ1) is 12.0. The lowest BCUT2D eigenvalue weighted by Crippen LogP contribution is -2.09. The minimum absolute atomic E-state index is 0.590. The van der Waals surface area contributed by atoms with Crippen LogP contribution in [0.3, 0.4) is 0 Å². The number of hydrogen-bond acceptors (Lipinski definition) is 4. The van der Waals surface area contributed by atoms with Gasteiger partial charge in [0.2, 0.25) is 0 Å². The number of fused-ring (bicyclic) bond motifs is 1. The number of aryl methyl sites for hydroxylation is 1. The number of hydrazine groups is 1. The van der Waals surface area contributed by atoms with E-state index in [1.807, 2.05) is 13.0 Å². The molecule has 4 nitrogen and oxygen atoms in total. The Morgan fingerprint density at radius 1 is 1.47 bits per heavy atom. The average Bonchev–Trinajstić information content (AvgIpc) is 2.38. The molecule has 17 heavy (non-hydrogen) atoms. The predicted molar refractivity (Wildman–Crippen MR) is 70.5 cm³/mol. The maximum absolute atomic E-state index is 6.16. The third-order valence-corrected chi connectivity index (χ3v) is 2.97. The monoisotopic (exact) mass is 251 g/mol. The van der Waals surface area contributed by atoms with Crippen LogP contribution in [0.4, 0.5) is 5.69 Å². The van der Waals surface area contributed by atoms with Gasteiger partial charge in [0.1, 0.15) is 5.75 Å². The first-order valence-electron chi connectivity index (χ1n) is 5.34. The molecule has 90 valence electrons. The summed E-state index contributed by atoms with van der Waals surface area (Å²) in [5, 5.41) is 1.40. The molecular formula is C12H14ClN3O. The van der Waals surface area contributed by atoms with E-state index in [4.69, 9.17) is 22.2 Å². The van der Waals surface area contributed by atoms with Crippen LogP contribution in [0.1, 0.15) is 12.6 Å². The summed E-state index contributed by atoms with van der Waals surface area (Å²) in [7, 11) is 1.61. The lowest BCUT2D eigenvalue weighted by molar-refractivity contribution is 0.420. The summed E-state index contributed by atoms with van der Waals surface area (Å²) in [6.45, 7) is 2.03. The second kappa shape index (κ2) is 4.77. The van der Waals surface area contributed by atoms with Crippen LogP contribution in [0.5, 0.6) is 5.75 Å². The molecule has 0 aliphatic rings.